The van der Waals surface area contributed by atoms with Crippen molar-refractivity contribution in [1.29, 1.82) is 0 Å². The lowest BCUT2D eigenvalue weighted by molar-refractivity contribution is -0.127. The lowest BCUT2D eigenvalue weighted by atomic mass is 9.94. The molecule has 0 bridgehead atoms. The van der Waals surface area contributed by atoms with E-state index in [4.69, 9.17) is 14.2 Å². The molecule has 0 radical (unpaired) electrons. The van der Waals surface area contributed by atoms with Crippen LogP contribution in [-0.2, 0) is 11.3 Å². The zero-order valence-electron chi connectivity index (χ0n) is 22.1. The number of nitrogens with one attached hydrogen (secondary N) is 1. The number of hydrogen-bond donors (Lipinski definition) is 1. The van der Waals surface area contributed by atoms with Crippen LogP contribution in [0.25, 0.3) is 0 Å². The van der Waals surface area contributed by atoms with Gasteiger partial charge in [0, 0.05) is 25.0 Å². The Morgan fingerprint density at radius 3 is 2.32 bits per heavy atom. The predicted molar refractivity (Wildman–Crippen MR) is 142 cm³/mol. The zero-order chi connectivity index (χ0) is 26.9. The van der Waals surface area contributed by atoms with Crippen LogP contribution in [0.2, 0.25) is 0 Å². The minimum Gasteiger partial charge on any atom is -0.497 e. The number of amides is 2. The maximum absolute atomic E-state index is 14.0. The minimum atomic E-state index is -0.951. The smallest absolute Gasteiger partial charge is 0.275 e. The van der Waals surface area contributed by atoms with Crippen molar-refractivity contribution in [3.05, 3.63) is 77.9 Å². The number of hydrogen-bond acceptors (Lipinski definition) is 7. The van der Waals surface area contributed by atoms with Crippen LogP contribution in [0.1, 0.15) is 59.8 Å². The maximum Gasteiger partial charge on any atom is 0.275 e. The summed E-state index contributed by atoms with van der Waals surface area (Å²) in [6.07, 6.45) is 9.52. The summed E-state index contributed by atoms with van der Waals surface area (Å²) in [5.41, 5.74) is 1.58. The topological polar surface area (TPSA) is 103 Å². The van der Waals surface area contributed by atoms with E-state index < -0.39 is 11.9 Å². The lowest BCUT2D eigenvalue weighted by Crippen LogP contribution is -2.47. The fourth-order valence-corrected chi connectivity index (χ4v) is 4.79. The van der Waals surface area contributed by atoms with Crippen LogP contribution in [0.4, 0.5) is 0 Å². The average Bonchev–Trinajstić information content (AvgIpc) is 2.97. The van der Waals surface area contributed by atoms with Crippen LogP contribution in [-0.4, -0.2) is 54.1 Å². The van der Waals surface area contributed by atoms with Gasteiger partial charge in [0.1, 0.15) is 17.5 Å². The molecule has 1 atom stereocenters. The SMILES string of the molecule is COc1ccc(CN(C(=O)c2cnccn2)C(C(=O)NC2CCCCC2)c2ccc(OC)c(OC)c2)cc1. The molecule has 3 aromatic rings. The van der Waals surface area contributed by atoms with Crippen molar-refractivity contribution in [3.63, 3.8) is 0 Å². The van der Waals surface area contributed by atoms with Gasteiger partial charge in [0.05, 0.1) is 27.5 Å². The number of ether oxygens (including phenoxy) is 3. The summed E-state index contributed by atoms with van der Waals surface area (Å²) in [6, 6.07) is 11.8. The van der Waals surface area contributed by atoms with Crippen molar-refractivity contribution < 1.29 is 23.8 Å². The van der Waals surface area contributed by atoms with Gasteiger partial charge in [-0.05, 0) is 48.2 Å². The quantitative estimate of drug-likeness (QED) is 0.426. The van der Waals surface area contributed by atoms with Gasteiger partial charge in [-0.15, -0.1) is 0 Å². The highest BCUT2D eigenvalue weighted by Gasteiger charge is 2.34. The summed E-state index contributed by atoms with van der Waals surface area (Å²) in [5.74, 6) is 1.04. The van der Waals surface area contributed by atoms with Crippen LogP contribution >= 0.6 is 0 Å². The molecule has 2 aromatic carbocycles. The molecule has 0 aliphatic heterocycles. The van der Waals surface area contributed by atoms with Crippen LogP contribution in [0.3, 0.4) is 0 Å². The Balaban J connectivity index is 1.78. The number of rotatable bonds is 10. The summed E-state index contributed by atoms with van der Waals surface area (Å²) in [7, 11) is 4.69. The first-order valence-electron chi connectivity index (χ1n) is 12.8. The molecular weight excluding hydrogens is 484 g/mol. The summed E-state index contributed by atoms with van der Waals surface area (Å²) in [5, 5.41) is 3.21. The molecule has 0 spiro atoms. The van der Waals surface area contributed by atoms with E-state index in [0.29, 0.717) is 22.8 Å². The standard InChI is InChI=1S/C29H34N4O5/c1-36-23-12-9-20(10-13-23)19-33(29(35)24-18-30-15-16-31-24)27(28(34)32-22-7-5-4-6-8-22)21-11-14-25(37-2)26(17-21)38-3/h9-18,22,27H,4-8,19H2,1-3H3,(H,32,34). The van der Waals surface area contributed by atoms with E-state index >= 15 is 0 Å². The summed E-state index contributed by atoms with van der Waals surface area (Å²) in [6.45, 7) is 0.163. The molecule has 1 aliphatic carbocycles. The van der Waals surface area contributed by atoms with E-state index in [2.05, 4.69) is 15.3 Å². The normalized spacial score (nSPS) is 14.3. The molecule has 9 nitrogen and oxygen atoms in total. The van der Waals surface area contributed by atoms with Gasteiger partial charge in [0.15, 0.2) is 11.5 Å². The molecule has 1 aliphatic rings. The highest BCUT2D eigenvalue weighted by atomic mass is 16.5. The third kappa shape index (κ3) is 6.40. The average molecular weight is 519 g/mol. The molecule has 1 unspecified atom stereocenters. The molecule has 2 amide bonds. The third-order valence-electron chi connectivity index (χ3n) is 6.79. The highest BCUT2D eigenvalue weighted by molar-refractivity contribution is 5.96. The Bertz CT molecular complexity index is 1210. The van der Waals surface area contributed by atoms with Crippen LogP contribution in [0, 0.1) is 0 Å². The molecule has 1 saturated carbocycles. The number of benzene rings is 2. The van der Waals surface area contributed by atoms with Crippen LogP contribution < -0.4 is 19.5 Å². The lowest BCUT2D eigenvalue weighted by Gasteiger charge is -2.33. The Kier molecular flexibility index (Phi) is 9.13. The second kappa shape index (κ2) is 12.9. The van der Waals surface area contributed by atoms with Gasteiger partial charge in [-0.2, -0.15) is 0 Å². The number of aromatic nitrogens is 2. The minimum absolute atomic E-state index is 0.0633. The molecule has 200 valence electrons. The summed E-state index contributed by atoms with van der Waals surface area (Å²) < 4.78 is 16.2. The van der Waals surface area contributed by atoms with E-state index in [1.165, 1.54) is 29.9 Å². The number of carbonyl (C=O) groups is 2. The molecule has 4 rings (SSSR count). The van der Waals surface area contributed by atoms with Gasteiger partial charge >= 0.3 is 0 Å². The molecule has 1 aromatic heterocycles. The highest BCUT2D eigenvalue weighted by Crippen LogP contribution is 2.34. The van der Waals surface area contributed by atoms with Crippen LogP contribution in [0.15, 0.2) is 61.1 Å². The fraction of sp³-hybridized carbons (Fsp3) is 0.379. The van der Waals surface area contributed by atoms with Crippen molar-refractivity contribution in [2.45, 2.75) is 50.7 Å². The Morgan fingerprint density at radius 2 is 1.68 bits per heavy atom. The molecule has 9 heteroatoms. The number of carbonyl (C=O) groups excluding carboxylic acids is 2. The summed E-state index contributed by atoms with van der Waals surface area (Å²) in [4.78, 5) is 37.8. The van der Waals surface area contributed by atoms with Gasteiger partial charge in [0.2, 0.25) is 5.91 Å². The second-order valence-corrected chi connectivity index (χ2v) is 9.23. The molecule has 0 saturated heterocycles. The Morgan fingerprint density at radius 1 is 0.947 bits per heavy atom. The van der Waals surface area contributed by atoms with Crippen molar-refractivity contribution in [2.24, 2.45) is 0 Å². The summed E-state index contributed by atoms with van der Waals surface area (Å²) >= 11 is 0. The van der Waals surface area contributed by atoms with Gasteiger partial charge < -0.3 is 24.4 Å². The van der Waals surface area contributed by atoms with Crippen molar-refractivity contribution in [2.75, 3.05) is 21.3 Å². The molecular formula is C29H34N4O5. The predicted octanol–water partition coefficient (Wildman–Crippen LogP) is 4.34. The van der Waals surface area contributed by atoms with Crippen molar-refractivity contribution in [1.82, 2.24) is 20.2 Å². The van der Waals surface area contributed by atoms with Crippen molar-refractivity contribution in [3.8, 4) is 17.2 Å². The Hall–Kier alpha value is -4.14. The maximum atomic E-state index is 14.0. The van der Waals surface area contributed by atoms with E-state index in [-0.39, 0.29) is 24.2 Å². The van der Waals surface area contributed by atoms with Gasteiger partial charge in [-0.1, -0.05) is 37.5 Å². The first-order chi connectivity index (χ1) is 18.5. The van der Waals surface area contributed by atoms with Gasteiger partial charge in [-0.3, -0.25) is 14.6 Å². The molecule has 38 heavy (non-hydrogen) atoms. The van der Waals surface area contributed by atoms with E-state index in [0.717, 1.165) is 31.2 Å². The number of methoxy groups -OCH3 is 3. The molecule has 1 fully saturated rings. The van der Waals surface area contributed by atoms with E-state index in [1.807, 2.05) is 24.3 Å². The fourth-order valence-electron chi connectivity index (χ4n) is 4.79. The second-order valence-electron chi connectivity index (χ2n) is 9.23. The van der Waals surface area contributed by atoms with Gasteiger partial charge in [0.25, 0.3) is 5.91 Å². The van der Waals surface area contributed by atoms with E-state index in [9.17, 15) is 9.59 Å². The first-order valence-corrected chi connectivity index (χ1v) is 12.8. The monoisotopic (exact) mass is 518 g/mol. The number of nitrogens with zero attached hydrogens (tertiary/aromatic N) is 3. The van der Waals surface area contributed by atoms with Crippen LogP contribution in [0.5, 0.6) is 17.2 Å². The molecule has 1 N–H and O–H groups in total. The third-order valence-corrected chi connectivity index (χ3v) is 6.79. The van der Waals surface area contributed by atoms with Gasteiger partial charge in [-0.25, -0.2) is 4.98 Å². The first kappa shape index (κ1) is 26.9. The van der Waals surface area contributed by atoms with Crippen molar-refractivity contribution >= 4 is 11.8 Å². The van der Waals surface area contributed by atoms with E-state index in [1.54, 1.807) is 39.5 Å². The molecule has 1 heterocycles. The largest absolute Gasteiger partial charge is 0.497 e. The zero-order valence-corrected chi connectivity index (χ0v) is 22.1. The Labute approximate surface area is 223 Å².